The molecule has 0 aliphatic carbocycles. The molecule has 1 aliphatic heterocycles. The number of benzene rings is 2. The second kappa shape index (κ2) is 14.8. The second-order valence-electron chi connectivity index (χ2n) is 10.4. The van der Waals surface area contributed by atoms with Crippen molar-refractivity contribution in [2.75, 3.05) is 44.5 Å². The summed E-state index contributed by atoms with van der Waals surface area (Å²) in [4.78, 5) is 35.9. The van der Waals surface area contributed by atoms with Crippen LogP contribution in [0.5, 0.6) is 23.1 Å². The molecule has 1 saturated heterocycles. The van der Waals surface area contributed by atoms with Gasteiger partial charge in [0.25, 0.3) is 0 Å². The molecule has 230 valence electrons. The molecule has 44 heavy (non-hydrogen) atoms. The predicted molar refractivity (Wildman–Crippen MR) is 181 cm³/mol. The van der Waals surface area contributed by atoms with E-state index >= 15 is 0 Å². The van der Waals surface area contributed by atoms with Crippen LogP contribution in [0.15, 0.2) is 60.9 Å². The minimum atomic E-state index is -0.504. The molecular formula is C32H33ClIN5O5. The number of carbonyl (C=O) groups is 2. The largest absolute Gasteiger partial charge is 0.493 e. The van der Waals surface area contributed by atoms with Crippen molar-refractivity contribution in [3.05, 3.63) is 69.5 Å². The fraction of sp³-hybridized carbons (Fsp3) is 0.281. The SMILES string of the molecule is C=Ic1ccc(NC(=O)CC(=O)Nc2cnc(Oc3ccnc4cc(OCC5CCN(C)CC5)c(OC)cc34)c(Cl)c2)cc1. The van der Waals surface area contributed by atoms with Crippen LogP contribution in [0.1, 0.15) is 19.3 Å². The van der Waals surface area contributed by atoms with Gasteiger partial charge in [-0.15, -0.1) is 0 Å². The van der Waals surface area contributed by atoms with Gasteiger partial charge in [-0.2, -0.15) is 0 Å². The zero-order valence-electron chi connectivity index (χ0n) is 24.4. The van der Waals surface area contributed by atoms with Crippen molar-refractivity contribution in [1.29, 1.82) is 0 Å². The molecule has 10 nitrogen and oxygen atoms in total. The van der Waals surface area contributed by atoms with Gasteiger partial charge in [0.1, 0.15) is 17.2 Å². The van der Waals surface area contributed by atoms with Crippen molar-refractivity contribution in [2.45, 2.75) is 19.3 Å². The molecular weight excluding hydrogens is 697 g/mol. The molecule has 2 N–H and O–H groups in total. The number of pyridine rings is 2. The minimum absolute atomic E-state index is 0.143. The number of piperidine rings is 1. The number of anilines is 2. The van der Waals surface area contributed by atoms with Crippen LogP contribution in [0, 0.1) is 9.49 Å². The van der Waals surface area contributed by atoms with Crippen LogP contribution in [0.25, 0.3) is 10.9 Å². The first-order valence-electron chi connectivity index (χ1n) is 14.0. The highest BCUT2D eigenvalue weighted by atomic mass is 127. The third-order valence-electron chi connectivity index (χ3n) is 7.20. The maximum atomic E-state index is 12.5. The quantitative estimate of drug-likeness (QED) is 0.136. The van der Waals surface area contributed by atoms with Gasteiger partial charge in [0.15, 0.2) is 11.5 Å². The van der Waals surface area contributed by atoms with Crippen LogP contribution in [0.3, 0.4) is 0 Å². The number of fused-ring (bicyclic) bond motifs is 1. The highest BCUT2D eigenvalue weighted by Crippen LogP contribution is 2.38. The van der Waals surface area contributed by atoms with Crippen molar-refractivity contribution < 1.29 is 23.8 Å². The smallest absolute Gasteiger partial charge is 0.238 e. The van der Waals surface area contributed by atoms with Gasteiger partial charge in [-0.3, -0.25) is 14.6 Å². The summed E-state index contributed by atoms with van der Waals surface area (Å²) in [7, 11) is 3.73. The molecule has 3 heterocycles. The molecule has 0 bridgehead atoms. The molecule has 5 rings (SSSR count). The zero-order chi connectivity index (χ0) is 31.1. The van der Waals surface area contributed by atoms with Gasteiger partial charge in [0.2, 0.25) is 17.7 Å². The number of nitrogens with zero attached hydrogens (tertiary/aromatic N) is 3. The molecule has 1 aliphatic rings. The number of methoxy groups -OCH3 is 1. The van der Waals surface area contributed by atoms with Crippen LogP contribution in [-0.2, 0) is 9.59 Å². The van der Waals surface area contributed by atoms with Gasteiger partial charge < -0.3 is 29.7 Å². The van der Waals surface area contributed by atoms with Gasteiger partial charge in [0.05, 0.1) is 31.1 Å². The Morgan fingerprint density at radius 1 is 1.00 bits per heavy atom. The van der Waals surface area contributed by atoms with Crippen LogP contribution in [-0.4, -0.2) is 65.1 Å². The van der Waals surface area contributed by atoms with E-state index in [0.717, 1.165) is 29.5 Å². The Hall–Kier alpha value is -3.81. The van der Waals surface area contributed by atoms with E-state index in [0.29, 0.717) is 52.1 Å². The van der Waals surface area contributed by atoms with E-state index in [1.165, 1.54) is 12.3 Å². The summed E-state index contributed by atoms with van der Waals surface area (Å²) in [6, 6.07) is 14.3. The summed E-state index contributed by atoms with van der Waals surface area (Å²) < 4.78 is 23.0. The first-order chi connectivity index (χ1) is 21.3. The van der Waals surface area contributed by atoms with E-state index in [1.807, 2.05) is 24.3 Å². The average Bonchev–Trinajstić information content (AvgIpc) is 3.02. The molecule has 1 fully saturated rings. The Kier molecular flexibility index (Phi) is 10.6. The maximum absolute atomic E-state index is 12.5. The summed E-state index contributed by atoms with van der Waals surface area (Å²) in [6.45, 7) is 2.75. The van der Waals surface area contributed by atoms with Gasteiger partial charge in [-0.1, -0.05) is 36.8 Å². The van der Waals surface area contributed by atoms with Gasteiger partial charge in [-0.05, 0) is 81.4 Å². The zero-order valence-corrected chi connectivity index (χ0v) is 27.4. The third-order valence-corrected chi connectivity index (χ3v) is 9.07. The van der Waals surface area contributed by atoms with E-state index < -0.39 is 11.8 Å². The Balaban J connectivity index is 1.22. The van der Waals surface area contributed by atoms with Crippen LogP contribution in [0.2, 0.25) is 5.02 Å². The maximum Gasteiger partial charge on any atom is 0.238 e. The summed E-state index contributed by atoms with van der Waals surface area (Å²) in [5.41, 5.74) is 1.61. The van der Waals surface area contributed by atoms with E-state index in [9.17, 15) is 9.59 Å². The Labute approximate surface area is 270 Å². The minimum Gasteiger partial charge on any atom is -0.493 e. The lowest BCUT2D eigenvalue weighted by Gasteiger charge is -2.28. The van der Waals surface area contributed by atoms with Crippen LogP contribution >= 0.6 is 32.3 Å². The Bertz CT molecular complexity index is 1660. The number of halogens is 2. The van der Waals surface area contributed by atoms with Crippen molar-refractivity contribution in [3.63, 3.8) is 0 Å². The van der Waals surface area contributed by atoms with Crippen molar-refractivity contribution in [1.82, 2.24) is 14.9 Å². The number of rotatable bonds is 11. The molecule has 2 aromatic heterocycles. The van der Waals surface area contributed by atoms with Crippen molar-refractivity contribution >= 4 is 70.9 Å². The first-order valence-corrected chi connectivity index (χ1v) is 17.0. The van der Waals surface area contributed by atoms with Crippen LogP contribution in [0.4, 0.5) is 11.4 Å². The van der Waals surface area contributed by atoms with E-state index in [-0.39, 0.29) is 38.1 Å². The number of hydrogen-bond donors (Lipinski definition) is 2. The normalized spacial score (nSPS) is 13.8. The van der Waals surface area contributed by atoms with Crippen molar-refractivity contribution in [3.8, 4) is 23.1 Å². The predicted octanol–water partition coefficient (Wildman–Crippen LogP) is 6.34. The second-order valence-corrected chi connectivity index (χ2v) is 12.8. The Morgan fingerprint density at radius 2 is 1.73 bits per heavy atom. The molecule has 0 radical (unpaired) electrons. The molecule has 2 amide bonds. The van der Waals surface area contributed by atoms with Gasteiger partial charge >= 0.3 is 0 Å². The number of likely N-dealkylation sites (tertiary alicyclic amines) is 1. The van der Waals surface area contributed by atoms with Crippen LogP contribution < -0.4 is 24.8 Å². The molecule has 0 spiro atoms. The lowest BCUT2D eigenvalue weighted by molar-refractivity contribution is -0.123. The lowest BCUT2D eigenvalue weighted by atomic mass is 9.98. The standard InChI is InChI=1S/C32H33ClIN5O5/c1-34-21-4-6-22(7-5-21)37-30(40)17-31(41)38-23-14-25(33)32(36-18-23)44-27-8-11-35-26-16-29(28(42-3)15-24(26)27)43-19-20-9-12-39(2)13-10-20/h4-8,11,14-16,18,20H,1,9-10,12-13,17,19H2,2-3H3,(H,37,40)(H,38,41). The van der Waals surface area contributed by atoms with E-state index in [1.54, 1.807) is 31.5 Å². The number of hydrogen-bond acceptors (Lipinski definition) is 8. The topological polar surface area (TPSA) is 115 Å². The average molecular weight is 730 g/mol. The molecule has 0 atom stereocenters. The van der Waals surface area contributed by atoms with E-state index in [4.69, 9.17) is 25.8 Å². The van der Waals surface area contributed by atoms with E-state index in [2.05, 4.69) is 37.1 Å². The number of ether oxygens (including phenoxy) is 3. The fourth-order valence-electron chi connectivity index (χ4n) is 4.78. The first kappa shape index (κ1) is 31.6. The molecule has 0 saturated carbocycles. The number of aromatic nitrogens is 2. The summed E-state index contributed by atoms with van der Waals surface area (Å²) in [5.74, 6) is 1.37. The third kappa shape index (κ3) is 8.21. The van der Waals surface area contributed by atoms with Gasteiger partial charge in [-0.25, -0.2) is 4.98 Å². The summed E-state index contributed by atoms with van der Waals surface area (Å²) >= 11 is 6.21. The monoisotopic (exact) mass is 729 g/mol. The molecule has 2 aromatic carbocycles. The number of carbonyl (C=O) groups excluding carboxylic acids is 2. The van der Waals surface area contributed by atoms with Gasteiger partial charge in [0, 0.05) is 26.9 Å². The molecule has 4 aromatic rings. The lowest BCUT2D eigenvalue weighted by Crippen LogP contribution is -2.32. The fourth-order valence-corrected chi connectivity index (χ4v) is 5.85. The number of nitrogens with one attached hydrogen (secondary N) is 2. The number of amides is 2. The Morgan fingerprint density at radius 3 is 2.41 bits per heavy atom. The highest BCUT2D eigenvalue weighted by Gasteiger charge is 2.19. The van der Waals surface area contributed by atoms with Crippen molar-refractivity contribution in [2.24, 2.45) is 5.92 Å². The molecule has 12 heteroatoms. The summed E-state index contributed by atoms with van der Waals surface area (Å²) in [5, 5.41) is 6.23. The highest BCUT2D eigenvalue weighted by molar-refractivity contribution is 14.2. The summed E-state index contributed by atoms with van der Waals surface area (Å²) in [6.07, 6.45) is 4.88. The molecule has 0 unspecified atom stereocenters.